The van der Waals surface area contributed by atoms with E-state index in [2.05, 4.69) is 0 Å². The summed E-state index contributed by atoms with van der Waals surface area (Å²) in [5.74, 6) is 0.216. The Hall–Kier alpha value is -1.85. The van der Waals surface area contributed by atoms with Gasteiger partial charge in [0, 0.05) is 10.6 Å². The molecule has 0 bridgehead atoms. The molecule has 2 N–H and O–H groups in total. The van der Waals surface area contributed by atoms with E-state index >= 15 is 0 Å². The molecule has 0 radical (unpaired) electrons. The molecule has 4 nitrogen and oxygen atoms in total. The number of rotatable bonds is 4. The van der Waals surface area contributed by atoms with Crippen molar-refractivity contribution < 1.29 is 14.3 Å². The predicted molar refractivity (Wildman–Crippen MR) is 84.3 cm³/mol. The first-order chi connectivity index (χ1) is 10.1. The predicted octanol–water partition coefficient (Wildman–Crippen LogP) is 3.87. The lowest BCUT2D eigenvalue weighted by molar-refractivity contribution is 0.0597. The Morgan fingerprint density at radius 2 is 1.95 bits per heavy atom. The van der Waals surface area contributed by atoms with Gasteiger partial charge < -0.3 is 15.2 Å². The summed E-state index contributed by atoms with van der Waals surface area (Å²) in [5, 5.41) is 0.395. The highest BCUT2D eigenvalue weighted by atomic mass is 35.5. The molecule has 2 aromatic rings. The van der Waals surface area contributed by atoms with E-state index in [-0.39, 0.29) is 0 Å². The van der Waals surface area contributed by atoms with Crippen LogP contribution in [0.1, 0.15) is 10.4 Å². The van der Waals surface area contributed by atoms with Crippen LogP contribution in [0.4, 0.5) is 5.69 Å². The van der Waals surface area contributed by atoms with Crippen LogP contribution in [0.3, 0.4) is 0 Å². The standard InChI is InChI=1S/C15H14ClNO3S/c1-19-12-5-3-4-6-13(12)21-14-10(15(18)20-2)7-9(17)8-11(14)16/h3-8H,17H2,1-2H3. The molecule has 2 aromatic carbocycles. The molecule has 0 saturated heterocycles. The number of para-hydroxylation sites is 1. The lowest BCUT2D eigenvalue weighted by Gasteiger charge is -2.13. The zero-order chi connectivity index (χ0) is 15.4. The van der Waals surface area contributed by atoms with E-state index in [1.54, 1.807) is 19.2 Å². The normalized spacial score (nSPS) is 10.2. The fourth-order valence-corrected chi connectivity index (χ4v) is 3.16. The van der Waals surface area contributed by atoms with Gasteiger partial charge >= 0.3 is 5.97 Å². The lowest BCUT2D eigenvalue weighted by Crippen LogP contribution is -2.05. The number of anilines is 1. The SMILES string of the molecule is COC(=O)c1cc(N)cc(Cl)c1Sc1ccccc1OC. The highest BCUT2D eigenvalue weighted by molar-refractivity contribution is 7.99. The van der Waals surface area contributed by atoms with Crippen molar-refractivity contribution in [3.05, 3.63) is 47.0 Å². The van der Waals surface area contributed by atoms with Gasteiger partial charge in [0.1, 0.15) is 5.75 Å². The Balaban J connectivity index is 2.50. The van der Waals surface area contributed by atoms with Gasteiger partial charge in [0.25, 0.3) is 0 Å². The zero-order valence-corrected chi connectivity index (χ0v) is 13.1. The summed E-state index contributed by atoms with van der Waals surface area (Å²) >= 11 is 7.56. The quantitative estimate of drug-likeness (QED) is 0.683. The van der Waals surface area contributed by atoms with Crippen LogP contribution in [0.2, 0.25) is 5.02 Å². The highest BCUT2D eigenvalue weighted by Gasteiger charge is 2.18. The van der Waals surface area contributed by atoms with E-state index < -0.39 is 5.97 Å². The summed E-state index contributed by atoms with van der Waals surface area (Å²) in [6.45, 7) is 0. The first-order valence-electron chi connectivity index (χ1n) is 6.05. The van der Waals surface area contributed by atoms with Crippen molar-refractivity contribution in [3.63, 3.8) is 0 Å². The number of halogens is 1. The summed E-state index contributed by atoms with van der Waals surface area (Å²) in [6.07, 6.45) is 0. The molecule has 0 amide bonds. The monoisotopic (exact) mass is 323 g/mol. The van der Waals surface area contributed by atoms with Crippen molar-refractivity contribution in [2.45, 2.75) is 9.79 Å². The molecular formula is C15H14ClNO3S. The van der Waals surface area contributed by atoms with E-state index in [0.717, 1.165) is 4.90 Å². The van der Waals surface area contributed by atoms with Gasteiger partial charge in [0.05, 0.1) is 29.7 Å². The van der Waals surface area contributed by atoms with Gasteiger partial charge in [-0.1, -0.05) is 35.5 Å². The average Bonchev–Trinajstić information content (AvgIpc) is 2.49. The molecule has 0 atom stereocenters. The van der Waals surface area contributed by atoms with E-state index in [9.17, 15) is 4.79 Å². The molecule has 0 heterocycles. The summed E-state index contributed by atoms with van der Waals surface area (Å²) in [7, 11) is 2.90. The maximum atomic E-state index is 11.9. The number of esters is 1. The molecule has 0 aliphatic heterocycles. The van der Waals surface area contributed by atoms with Crippen molar-refractivity contribution in [2.75, 3.05) is 20.0 Å². The summed E-state index contributed by atoms with van der Waals surface area (Å²) in [5.41, 5.74) is 6.48. The molecule has 0 aromatic heterocycles. The number of nitrogen functional groups attached to an aromatic ring is 1. The van der Waals surface area contributed by atoms with E-state index in [4.69, 9.17) is 26.8 Å². The number of ether oxygens (including phenoxy) is 2. The minimum Gasteiger partial charge on any atom is -0.496 e. The topological polar surface area (TPSA) is 61.5 Å². The lowest BCUT2D eigenvalue weighted by atomic mass is 10.2. The Kier molecular flexibility index (Phi) is 4.98. The molecule has 0 aliphatic rings. The maximum absolute atomic E-state index is 11.9. The van der Waals surface area contributed by atoms with E-state index in [1.165, 1.54) is 18.9 Å². The fraction of sp³-hybridized carbons (Fsp3) is 0.133. The molecule has 0 saturated carbocycles. The van der Waals surface area contributed by atoms with Crippen molar-refractivity contribution in [3.8, 4) is 5.75 Å². The molecule has 0 aliphatic carbocycles. The van der Waals surface area contributed by atoms with Crippen LogP contribution in [0.15, 0.2) is 46.2 Å². The van der Waals surface area contributed by atoms with E-state index in [0.29, 0.717) is 26.9 Å². The minimum atomic E-state index is -0.485. The first kappa shape index (κ1) is 15.5. The van der Waals surface area contributed by atoms with Gasteiger partial charge in [-0.25, -0.2) is 4.79 Å². The van der Waals surface area contributed by atoms with Crippen molar-refractivity contribution in [1.82, 2.24) is 0 Å². The van der Waals surface area contributed by atoms with Crippen LogP contribution in [0, 0.1) is 0 Å². The van der Waals surface area contributed by atoms with Gasteiger partial charge in [-0.3, -0.25) is 0 Å². The van der Waals surface area contributed by atoms with Gasteiger partial charge in [-0.15, -0.1) is 0 Å². The minimum absolute atomic E-state index is 0.332. The van der Waals surface area contributed by atoms with Gasteiger partial charge in [0.15, 0.2) is 0 Å². The summed E-state index contributed by atoms with van der Waals surface area (Å²) in [6, 6.07) is 10.6. The van der Waals surface area contributed by atoms with Crippen LogP contribution in [0.5, 0.6) is 5.75 Å². The third-order valence-electron chi connectivity index (χ3n) is 2.75. The van der Waals surface area contributed by atoms with Crippen LogP contribution < -0.4 is 10.5 Å². The smallest absolute Gasteiger partial charge is 0.339 e. The fourth-order valence-electron chi connectivity index (χ4n) is 1.79. The van der Waals surface area contributed by atoms with E-state index in [1.807, 2.05) is 24.3 Å². The largest absolute Gasteiger partial charge is 0.496 e. The molecule has 0 fully saturated rings. The third-order valence-corrected chi connectivity index (χ3v) is 4.36. The molecule has 110 valence electrons. The van der Waals surface area contributed by atoms with Crippen molar-refractivity contribution in [2.24, 2.45) is 0 Å². The number of hydrogen-bond acceptors (Lipinski definition) is 5. The number of hydrogen-bond donors (Lipinski definition) is 1. The van der Waals surface area contributed by atoms with Crippen LogP contribution in [-0.4, -0.2) is 20.2 Å². The summed E-state index contributed by atoms with van der Waals surface area (Å²) in [4.78, 5) is 13.3. The number of carbonyl (C=O) groups is 1. The van der Waals surface area contributed by atoms with Crippen molar-refractivity contribution >= 4 is 35.0 Å². The van der Waals surface area contributed by atoms with Gasteiger partial charge in [-0.2, -0.15) is 0 Å². The summed E-state index contributed by atoms with van der Waals surface area (Å²) < 4.78 is 10.1. The number of carbonyl (C=O) groups excluding carboxylic acids is 1. The van der Waals surface area contributed by atoms with Gasteiger partial charge in [0.2, 0.25) is 0 Å². The molecule has 2 rings (SSSR count). The second-order valence-corrected chi connectivity index (χ2v) is 5.58. The number of nitrogens with two attached hydrogens (primary N) is 1. The highest BCUT2D eigenvalue weighted by Crippen LogP contribution is 2.41. The van der Waals surface area contributed by atoms with Crippen molar-refractivity contribution in [1.29, 1.82) is 0 Å². The maximum Gasteiger partial charge on any atom is 0.339 e. The average molecular weight is 324 g/mol. The molecular weight excluding hydrogens is 310 g/mol. The first-order valence-corrected chi connectivity index (χ1v) is 7.24. The molecule has 6 heteroatoms. The van der Waals surface area contributed by atoms with Crippen LogP contribution >= 0.6 is 23.4 Å². The number of benzene rings is 2. The second-order valence-electron chi connectivity index (χ2n) is 4.12. The Morgan fingerprint density at radius 3 is 2.62 bits per heavy atom. The molecule has 0 unspecified atom stereocenters. The third kappa shape index (κ3) is 3.43. The zero-order valence-electron chi connectivity index (χ0n) is 11.6. The van der Waals surface area contributed by atoms with Crippen LogP contribution in [-0.2, 0) is 4.74 Å². The number of methoxy groups -OCH3 is 2. The molecule has 21 heavy (non-hydrogen) atoms. The Labute approximate surface area is 132 Å². The molecule has 0 spiro atoms. The second kappa shape index (κ2) is 6.74. The van der Waals surface area contributed by atoms with Gasteiger partial charge in [-0.05, 0) is 24.3 Å². The van der Waals surface area contributed by atoms with Crippen LogP contribution in [0.25, 0.3) is 0 Å². The Morgan fingerprint density at radius 1 is 1.24 bits per heavy atom. The Bertz CT molecular complexity index is 676.